The van der Waals surface area contributed by atoms with E-state index in [-0.39, 0.29) is 5.69 Å². The van der Waals surface area contributed by atoms with Crippen LogP contribution in [-0.4, -0.2) is 18.0 Å². The highest BCUT2D eigenvalue weighted by Gasteiger charge is 2.46. The van der Waals surface area contributed by atoms with Crippen molar-refractivity contribution in [1.82, 2.24) is 0 Å². The lowest BCUT2D eigenvalue weighted by Gasteiger charge is -2.29. The normalized spacial score (nSPS) is 16.6. The predicted octanol–water partition coefficient (Wildman–Crippen LogP) is 4.35. The maximum atomic E-state index is 14.3. The molecule has 27 heavy (non-hydrogen) atoms. The molecule has 0 bridgehead atoms. The first kappa shape index (κ1) is 19.0. The summed E-state index contributed by atoms with van der Waals surface area (Å²) in [4.78, 5) is 25.2. The summed E-state index contributed by atoms with van der Waals surface area (Å²) in [5.41, 5.74) is -0.776. The highest BCUT2D eigenvalue weighted by molar-refractivity contribution is 5.96. The molecule has 0 radical (unpaired) electrons. The molecular formula is C21H21F2NO3. The molecule has 3 rings (SSSR count). The second kappa shape index (κ2) is 7.86. The molecule has 6 heteroatoms. The Morgan fingerprint density at radius 3 is 2.22 bits per heavy atom. The van der Waals surface area contributed by atoms with Crippen LogP contribution >= 0.6 is 0 Å². The summed E-state index contributed by atoms with van der Waals surface area (Å²) in [6.45, 7) is 1.41. The van der Waals surface area contributed by atoms with E-state index in [1.165, 1.54) is 31.2 Å². The number of halogens is 2. The van der Waals surface area contributed by atoms with Crippen molar-refractivity contribution < 1.29 is 23.1 Å². The van der Waals surface area contributed by atoms with Crippen LogP contribution in [0, 0.1) is 11.6 Å². The second-order valence-corrected chi connectivity index (χ2v) is 6.79. The molecule has 1 aliphatic rings. The monoisotopic (exact) mass is 373 g/mol. The van der Waals surface area contributed by atoms with E-state index in [0.717, 1.165) is 12.8 Å². The van der Waals surface area contributed by atoms with Gasteiger partial charge >= 0.3 is 5.97 Å². The van der Waals surface area contributed by atoms with Gasteiger partial charge in [-0.3, -0.25) is 9.59 Å². The minimum Gasteiger partial charge on any atom is -0.452 e. The molecule has 1 atom stereocenters. The fraction of sp³-hybridized carbons (Fsp3) is 0.333. The SMILES string of the molecule is C[C@H](OC(=O)C1(c2ccccc2F)CCCC1)C(=O)Nc1ccccc1F. The van der Waals surface area contributed by atoms with Crippen LogP contribution in [0.5, 0.6) is 0 Å². The Morgan fingerprint density at radius 1 is 1.00 bits per heavy atom. The molecule has 4 nitrogen and oxygen atoms in total. The van der Waals surface area contributed by atoms with Gasteiger partial charge in [0.25, 0.3) is 5.91 Å². The molecule has 0 aliphatic heterocycles. The Labute approximate surface area is 156 Å². The number of nitrogens with one attached hydrogen (secondary N) is 1. The van der Waals surface area contributed by atoms with E-state index in [1.807, 2.05) is 0 Å². The molecule has 0 saturated heterocycles. The molecule has 0 heterocycles. The summed E-state index contributed by atoms with van der Waals surface area (Å²) in [6.07, 6.45) is 1.35. The molecule has 1 N–H and O–H groups in total. The average molecular weight is 373 g/mol. The van der Waals surface area contributed by atoms with E-state index in [9.17, 15) is 18.4 Å². The van der Waals surface area contributed by atoms with Crippen LogP contribution in [0.1, 0.15) is 38.2 Å². The van der Waals surface area contributed by atoms with Crippen LogP contribution in [-0.2, 0) is 19.7 Å². The zero-order chi connectivity index (χ0) is 19.4. The lowest BCUT2D eigenvalue weighted by molar-refractivity contribution is -0.159. The van der Waals surface area contributed by atoms with Crippen LogP contribution in [0.25, 0.3) is 0 Å². The molecular weight excluding hydrogens is 352 g/mol. The van der Waals surface area contributed by atoms with Gasteiger partial charge in [-0.2, -0.15) is 0 Å². The van der Waals surface area contributed by atoms with E-state index >= 15 is 0 Å². The molecule has 0 spiro atoms. The fourth-order valence-electron chi connectivity index (χ4n) is 3.54. The van der Waals surface area contributed by atoms with Gasteiger partial charge < -0.3 is 10.1 Å². The van der Waals surface area contributed by atoms with Crippen LogP contribution in [0.2, 0.25) is 0 Å². The third kappa shape index (κ3) is 3.84. The zero-order valence-electron chi connectivity index (χ0n) is 15.0. The van der Waals surface area contributed by atoms with Crippen molar-refractivity contribution in [3.8, 4) is 0 Å². The van der Waals surface area contributed by atoms with Crippen LogP contribution in [0.4, 0.5) is 14.5 Å². The number of para-hydroxylation sites is 1. The van der Waals surface area contributed by atoms with Gasteiger partial charge in [0.1, 0.15) is 11.6 Å². The van der Waals surface area contributed by atoms with Crippen molar-refractivity contribution in [2.75, 3.05) is 5.32 Å². The Kier molecular flexibility index (Phi) is 5.54. The summed E-state index contributed by atoms with van der Waals surface area (Å²) >= 11 is 0. The van der Waals surface area contributed by atoms with Gasteiger partial charge in [0.05, 0.1) is 11.1 Å². The quantitative estimate of drug-likeness (QED) is 0.793. The van der Waals surface area contributed by atoms with Crippen LogP contribution in [0.15, 0.2) is 48.5 Å². The number of carbonyl (C=O) groups is 2. The second-order valence-electron chi connectivity index (χ2n) is 6.79. The van der Waals surface area contributed by atoms with Gasteiger partial charge in [-0.1, -0.05) is 43.2 Å². The van der Waals surface area contributed by atoms with Gasteiger partial charge in [-0.05, 0) is 38.0 Å². The van der Waals surface area contributed by atoms with E-state index in [4.69, 9.17) is 4.74 Å². The van der Waals surface area contributed by atoms with Crippen molar-refractivity contribution in [1.29, 1.82) is 0 Å². The Bertz CT molecular complexity index is 847. The molecule has 1 fully saturated rings. The zero-order valence-corrected chi connectivity index (χ0v) is 15.0. The first-order valence-electron chi connectivity index (χ1n) is 8.95. The Hall–Kier alpha value is -2.76. The standard InChI is InChI=1S/C21H21F2NO3/c1-14(19(25)24-18-11-5-4-10-17(18)23)27-20(26)21(12-6-7-13-21)15-8-2-3-9-16(15)22/h2-5,8-11,14H,6-7,12-13H2,1H3,(H,24,25)/t14-/m0/s1. The van der Waals surface area contributed by atoms with Crippen molar-refractivity contribution in [3.63, 3.8) is 0 Å². The minimum absolute atomic E-state index is 0.00934. The number of hydrogen-bond acceptors (Lipinski definition) is 3. The Balaban J connectivity index is 1.75. The molecule has 1 aliphatic carbocycles. The molecule has 142 valence electrons. The lowest BCUT2D eigenvalue weighted by atomic mass is 9.78. The van der Waals surface area contributed by atoms with Crippen molar-refractivity contribution >= 4 is 17.6 Å². The maximum absolute atomic E-state index is 14.3. The molecule has 2 aromatic carbocycles. The molecule has 2 aromatic rings. The van der Waals surface area contributed by atoms with Gasteiger partial charge in [-0.25, -0.2) is 8.78 Å². The van der Waals surface area contributed by atoms with Crippen LogP contribution < -0.4 is 5.32 Å². The van der Waals surface area contributed by atoms with E-state index in [1.54, 1.807) is 24.3 Å². The van der Waals surface area contributed by atoms with E-state index in [2.05, 4.69) is 5.32 Å². The number of amides is 1. The number of esters is 1. The summed E-state index contributed by atoms with van der Waals surface area (Å²) in [5, 5.41) is 2.40. The number of carbonyl (C=O) groups excluding carboxylic acids is 2. The summed E-state index contributed by atoms with van der Waals surface area (Å²) in [7, 11) is 0. The number of benzene rings is 2. The maximum Gasteiger partial charge on any atom is 0.317 e. The molecule has 0 unspecified atom stereocenters. The first-order chi connectivity index (χ1) is 12.9. The number of anilines is 1. The smallest absolute Gasteiger partial charge is 0.317 e. The lowest BCUT2D eigenvalue weighted by Crippen LogP contribution is -2.40. The van der Waals surface area contributed by atoms with E-state index in [0.29, 0.717) is 18.4 Å². The molecule has 1 amide bonds. The summed E-state index contributed by atoms with van der Waals surface area (Å²) in [6, 6.07) is 11.9. The van der Waals surface area contributed by atoms with Gasteiger partial charge in [0.2, 0.25) is 0 Å². The molecule has 0 aromatic heterocycles. The van der Waals surface area contributed by atoms with Crippen LogP contribution in [0.3, 0.4) is 0 Å². The molecule has 1 saturated carbocycles. The van der Waals surface area contributed by atoms with Gasteiger partial charge in [-0.15, -0.1) is 0 Å². The van der Waals surface area contributed by atoms with E-state index < -0.39 is 35.0 Å². The fourth-order valence-corrected chi connectivity index (χ4v) is 3.54. The highest BCUT2D eigenvalue weighted by Crippen LogP contribution is 2.43. The summed E-state index contributed by atoms with van der Waals surface area (Å²) in [5.74, 6) is -2.31. The van der Waals surface area contributed by atoms with Crippen molar-refractivity contribution in [2.24, 2.45) is 0 Å². The third-order valence-electron chi connectivity index (χ3n) is 5.02. The van der Waals surface area contributed by atoms with Gasteiger partial charge in [0, 0.05) is 5.56 Å². The van der Waals surface area contributed by atoms with Crippen molar-refractivity contribution in [3.05, 3.63) is 65.7 Å². The largest absolute Gasteiger partial charge is 0.452 e. The van der Waals surface area contributed by atoms with Crippen molar-refractivity contribution in [2.45, 2.75) is 44.1 Å². The third-order valence-corrected chi connectivity index (χ3v) is 5.02. The number of rotatable bonds is 5. The highest BCUT2D eigenvalue weighted by atomic mass is 19.1. The first-order valence-corrected chi connectivity index (χ1v) is 8.95. The number of ether oxygens (including phenoxy) is 1. The number of hydrogen-bond donors (Lipinski definition) is 1. The summed E-state index contributed by atoms with van der Waals surface area (Å²) < 4.78 is 33.4. The van der Waals surface area contributed by atoms with Gasteiger partial charge in [0.15, 0.2) is 6.10 Å². The predicted molar refractivity (Wildman–Crippen MR) is 97.1 cm³/mol. The average Bonchev–Trinajstić information content (AvgIpc) is 3.15. The topological polar surface area (TPSA) is 55.4 Å². The minimum atomic E-state index is -1.14. The Morgan fingerprint density at radius 2 is 1.59 bits per heavy atom.